The Balaban J connectivity index is 1.71. The zero-order valence-electron chi connectivity index (χ0n) is 21.9. The summed E-state index contributed by atoms with van der Waals surface area (Å²) < 4.78 is 11.4. The summed E-state index contributed by atoms with van der Waals surface area (Å²) in [7, 11) is 0. The van der Waals surface area contributed by atoms with Crippen LogP contribution in [0.15, 0.2) is 60.7 Å². The maximum absolute atomic E-state index is 13.3. The van der Waals surface area contributed by atoms with Crippen LogP contribution in [0.2, 0.25) is 0 Å². The topological polar surface area (TPSA) is 79.3 Å². The summed E-state index contributed by atoms with van der Waals surface area (Å²) in [5.41, 5.74) is 2.34. The van der Waals surface area contributed by atoms with E-state index in [1.165, 1.54) is 0 Å². The Labute approximate surface area is 219 Å². The lowest BCUT2D eigenvalue weighted by Gasteiger charge is -2.27. The van der Waals surface area contributed by atoms with E-state index in [1.807, 2.05) is 43.3 Å². The summed E-state index contributed by atoms with van der Waals surface area (Å²) in [6, 6.07) is 12.0. The van der Waals surface area contributed by atoms with Gasteiger partial charge in [-0.05, 0) is 74.4 Å². The number of hydrogen-bond donors (Lipinski definition) is 1. The van der Waals surface area contributed by atoms with Crippen LogP contribution in [0.3, 0.4) is 0 Å². The molecule has 0 unspecified atom stereocenters. The largest absolute Gasteiger partial charge is 0.507 e. The van der Waals surface area contributed by atoms with Crippen LogP contribution in [-0.2, 0) is 16.0 Å². The second-order valence-electron chi connectivity index (χ2n) is 9.50. The molecule has 0 radical (unpaired) electrons. The molecule has 0 bridgehead atoms. The molecule has 2 aromatic rings. The molecule has 2 aliphatic heterocycles. The number of aliphatic hydroxyl groups excluding tert-OH is 1. The molecule has 196 valence electrons. The summed E-state index contributed by atoms with van der Waals surface area (Å²) in [6.07, 6.45) is 3.18. The van der Waals surface area contributed by atoms with Gasteiger partial charge in [0, 0.05) is 18.5 Å². The van der Waals surface area contributed by atoms with Crippen LogP contribution < -0.4 is 9.47 Å². The monoisotopic (exact) mass is 504 g/mol. The van der Waals surface area contributed by atoms with Crippen LogP contribution in [0, 0.1) is 0 Å². The van der Waals surface area contributed by atoms with Gasteiger partial charge in [-0.25, -0.2) is 0 Å². The highest BCUT2D eigenvalue weighted by molar-refractivity contribution is 6.46. The SMILES string of the molecule is C=CCOc1ccc([C@H]2/C(=C(\O)c3ccc4c(c3)C[C@H](C)O4)C(=O)C(=O)N2CCCN(CC)CC)cc1. The van der Waals surface area contributed by atoms with E-state index in [1.54, 1.807) is 17.0 Å². The minimum Gasteiger partial charge on any atom is -0.507 e. The van der Waals surface area contributed by atoms with Gasteiger partial charge >= 0.3 is 0 Å². The van der Waals surface area contributed by atoms with Crippen molar-refractivity contribution in [1.82, 2.24) is 9.80 Å². The fourth-order valence-electron chi connectivity index (χ4n) is 5.09. The van der Waals surface area contributed by atoms with Gasteiger partial charge < -0.3 is 24.4 Å². The molecule has 2 atom stereocenters. The van der Waals surface area contributed by atoms with Crippen LogP contribution in [-0.4, -0.2) is 65.5 Å². The number of aliphatic hydroxyl groups is 1. The van der Waals surface area contributed by atoms with Crippen molar-refractivity contribution in [3.05, 3.63) is 77.4 Å². The van der Waals surface area contributed by atoms with E-state index in [-0.39, 0.29) is 17.4 Å². The number of carbonyl (C=O) groups is 2. The number of fused-ring (bicyclic) bond motifs is 1. The van der Waals surface area contributed by atoms with Crippen molar-refractivity contribution in [3.63, 3.8) is 0 Å². The van der Waals surface area contributed by atoms with Gasteiger partial charge in [0.15, 0.2) is 0 Å². The fraction of sp³-hybridized carbons (Fsp3) is 0.400. The standard InChI is InChI=1S/C30H36N2O5/c1-5-17-36-24-12-9-21(10-13-24)27-26(28(33)22-11-14-25-23(19-22)18-20(4)37-25)29(34)30(35)32(27)16-8-15-31(6-2)7-3/h5,9-14,19-20,27,33H,1,6-8,15-18H2,2-4H3/b28-26+/t20-,27-/m0/s1. The van der Waals surface area contributed by atoms with Crippen molar-refractivity contribution in [1.29, 1.82) is 0 Å². The van der Waals surface area contributed by atoms with Crippen LogP contribution in [0.4, 0.5) is 0 Å². The summed E-state index contributed by atoms with van der Waals surface area (Å²) in [4.78, 5) is 30.5. The number of carbonyl (C=O) groups excluding carboxylic acids is 2. The number of likely N-dealkylation sites (tertiary alicyclic amines) is 1. The zero-order chi connectivity index (χ0) is 26.5. The molecule has 1 N–H and O–H groups in total. The number of amides is 1. The maximum atomic E-state index is 13.3. The van der Waals surface area contributed by atoms with Crippen molar-refractivity contribution in [2.75, 3.05) is 32.8 Å². The second kappa shape index (κ2) is 11.6. The zero-order valence-corrected chi connectivity index (χ0v) is 21.9. The molecule has 2 aromatic carbocycles. The fourth-order valence-corrected chi connectivity index (χ4v) is 5.09. The first-order valence-electron chi connectivity index (χ1n) is 13.0. The van der Waals surface area contributed by atoms with Gasteiger partial charge in [0.1, 0.15) is 30.0 Å². The number of benzene rings is 2. The molecule has 1 saturated heterocycles. The van der Waals surface area contributed by atoms with Crippen molar-refractivity contribution >= 4 is 17.4 Å². The summed E-state index contributed by atoms with van der Waals surface area (Å²) in [6.45, 7) is 13.3. The van der Waals surface area contributed by atoms with Gasteiger partial charge in [-0.2, -0.15) is 0 Å². The lowest BCUT2D eigenvalue weighted by atomic mass is 9.94. The molecular weight excluding hydrogens is 468 g/mol. The van der Waals surface area contributed by atoms with E-state index in [0.29, 0.717) is 24.5 Å². The molecule has 4 rings (SSSR count). The van der Waals surface area contributed by atoms with E-state index in [4.69, 9.17) is 9.47 Å². The molecule has 1 fully saturated rings. The molecule has 7 nitrogen and oxygen atoms in total. The van der Waals surface area contributed by atoms with Gasteiger partial charge in [0.05, 0.1) is 11.6 Å². The lowest BCUT2D eigenvalue weighted by Crippen LogP contribution is -2.33. The highest BCUT2D eigenvalue weighted by atomic mass is 16.5. The number of Topliss-reactive ketones (excluding diaryl/α,β-unsaturated/α-hetero) is 1. The highest BCUT2D eigenvalue weighted by Crippen LogP contribution is 2.41. The minimum atomic E-state index is -0.686. The summed E-state index contributed by atoms with van der Waals surface area (Å²) in [5.74, 6) is 0.0324. The number of hydrogen-bond acceptors (Lipinski definition) is 6. The van der Waals surface area contributed by atoms with Crippen molar-refractivity contribution in [2.24, 2.45) is 0 Å². The predicted molar refractivity (Wildman–Crippen MR) is 144 cm³/mol. The second-order valence-corrected chi connectivity index (χ2v) is 9.50. The Kier molecular flexibility index (Phi) is 8.34. The Bertz CT molecular complexity index is 1180. The average Bonchev–Trinajstić information content (AvgIpc) is 3.40. The summed E-state index contributed by atoms with van der Waals surface area (Å²) in [5, 5.41) is 11.4. The third-order valence-electron chi connectivity index (χ3n) is 7.04. The lowest BCUT2D eigenvalue weighted by molar-refractivity contribution is -0.140. The number of rotatable bonds is 11. The first kappa shape index (κ1) is 26.5. The molecule has 2 heterocycles. The molecule has 0 saturated carbocycles. The van der Waals surface area contributed by atoms with E-state index >= 15 is 0 Å². The van der Waals surface area contributed by atoms with Gasteiger partial charge in [0.2, 0.25) is 0 Å². The van der Waals surface area contributed by atoms with Gasteiger partial charge in [0.25, 0.3) is 11.7 Å². The minimum absolute atomic E-state index is 0.0607. The van der Waals surface area contributed by atoms with E-state index in [2.05, 4.69) is 25.3 Å². The Morgan fingerprint density at radius 3 is 2.59 bits per heavy atom. The molecule has 1 amide bonds. The van der Waals surface area contributed by atoms with Crippen molar-refractivity contribution < 1.29 is 24.2 Å². The predicted octanol–water partition coefficient (Wildman–Crippen LogP) is 4.73. The number of ether oxygens (including phenoxy) is 2. The van der Waals surface area contributed by atoms with Crippen molar-refractivity contribution in [3.8, 4) is 11.5 Å². The molecule has 2 aliphatic rings. The first-order chi connectivity index (χ1) is 17.9. The summed E-state index contributed by atoms with van der Waals surface area (Å²) >= 11 is 0. The van der Waals surface area contributed by atoms with E-state index in [9.17, 15) is 14.7 Å². The number of nitrogens with zero attached hydrogens (tertiary/aromatic N) is 2. The van der Waals surface area contributed by atoms with Gasteiger partial charge in [-0.1, -0.05) is 38.6 Å². The van der Waals surface area contributed by atoms with Crippen LogP contribution >= 0.6 is 0 Å². The third kappa shape index (κ3) is 5.57. The van der Waals surface area contributed by atoms with Gasteiger partial charge in [-0.15, -0.1) is 0 Å². The Hall–Kier alpha value is -3.58. The van der Waals surface area contributed by atoms with Gasteiger partial charge in [-0.3, -0.25) is 9.59 Å². The molecule has 7 heteroatoms. The van der Waals surface area contributed by atoms with E-state index in [0.717, 1.165) is 49.4 Å². The third-order valence-corrected chi connectivity index (χ3v) is 7.04. The Morgan fingerprint density at radius 2 is 1.92 bits per heavy atom. The van der Waals surface area contributed by atoms with Crippen LogP contribution in [0.25, 0.3) is 5.76 Å². The molecule has 0 spiro atoms. The molecular formula is C30H36N2O5. The molecule has 0 aliphatic carbocycles. The van der Waals surface area contributed by atoms with Crippen LogP contribution in [0.5, 0.6) is 11.5 Å². The highest BCUT2D eigenvalue weighted by Gasteiger charge is 2.46. The quantitative estimate of drug-likeness (QED) is 0.206. The Morgan fingerprint density at radius 1 is 1.19 bits per heavy atom. The van der Waals surface area contributed by atoms with Crippen molar-refractivity contribution in [2.45, 2.75) is 45.8 Å². The number of ketones is 1. The average molecular weight is 505 g/mol. The first-order valence-corrected chi connectivity index (χ1v) is 13.0. The molecule has 37 heavy (non-hydrogen) atoms. The maximum Gasteiger partial charge on any atom is 0.295 e. The van der Waals surface area contributed by atoms with E-state index < -0.39 is 17.7 Å². The normalized spacial score (nSPS) is 20.3. The molecule has 0 aromatic heterocycles. The smallest absolute Gasteiger partial charge is 0.295 e. The van der Waals surface area contributed by atoms with Crippen LogP contribution in [0.1, 0.15) is 49.9 Å².